The Morgan fingerprint density at radius 3 is 2.65 bits per heavy atom. The molecule has 2 rings (SSSR count). The van der Waals surface area contributed by atoms with Crippen LogP contribution in [0, 0.1) is 5.41 Å². The van der Waals surface area contributed by atoms with Crippen LogP contribution in [0.5, 0.6) is 0 Å². The maximum atomic E-state index is 11.8. The zero-order chi connectivity index (χ0) is 12.5. The molecule has 1 aromatic carbocycles. The first-order chi connectivity index (χ1) is 8.08. The zero-order valence-corrected chi connectivity index (χ0v) is 10.2. The molecule has 1 heterocycles. The molecule has 0 saturated carbocycles. The maximum absolute atomic E-state index is 11.8. The lowest BCUT2D eigenvalue weighted by molar-refractivity contribution is -0.177. The van der Waals surface area contributed by atoms with Gasteiger partial charge in [0.15, 0.2) is 0 Å². The van der Waals surface area contributed by atoms with Crippen LogP contribution in [0.3, 0.4) is 0 Å². The number of carbonyl (C=O) groups excluding carboxylic acids is 1. The SMILES string of the molecule is C=C[C@@]1(C)C(=O)ON(Cc2ccccc2)[C@@H]1C. The van der Waals surface area contributed by atoms with Crippen molar-refractivity contribution in [3.63, 3.8) is 0 Å². The third-order valence-corrected chi connectivity index (χ3v) is 3.55. The van der Waals surface area contributed by atoms with E-state index in [2.05, 4.69) is 6.58 Å². The lowest BCUT2D eigenvalue weighted by atomic mass is 9.84. The van der Waals surface area contributed by atoms with Crippen LogP contribution >= 0.6 is 0 Å². The lowest BCUT2D eigenvalue weighted by Crippen LogP contribution is -2.35. The van der Waals surface area contributed by atoms with Gasteiger partial charge in [-0.3, -0.25) is 0 Å². The molecule has 0 unspecified atom stereocenters. The molecule has 0 aromatic heterocycles. The number of hydrogen-bond donors (Lipinski definition) is 0. The molecular formula is C14H17NO2. The summed E-state index contributed by atoms with van der Waals surface area (Å²) in [6.07, 6.45) is 1.67. The summed E-state index contributed by atoms with van der Waals surface area (Å²) in [6, 6.07) is 9.95. The highest BCUT2D eigenvalue weighted by molar-refractivity contribution is 5.81. The van der Waals surface area contributed by atoms with Crippen molar-refractivity contribution in [3.8, 4) is 0 Å². The number of benzene rings is 1. The second kappa shape index (κ2) is 4.34. The summed E-state index contributed by atoms with van der Waals surface area (Å²) in [5.41, 5.74) is 0.509. The van der Waals surface area contributed by atoms with Gasteiger partial charge >= 0.3 is 5.97 Å². The van der Waals surface area contributed by atoms with Crippen molar-refractivity contribution in [3.05, 3.63) is 48.6 Å². The van der Waals surface area contributed by atoms with E-state index in [1.54, 1.807) is 11.1 Å². The first-order valence-electron chi connectivity index (χ1n) is 5.74. The van der Waals surface area contributed by atoms with Crippen LogP contribution < -0.4 is 0 Å². The molecular weight excluding hydrogens is 214 g/mol. The standard InChI is InChI=1S/C14H17NO2/c1-4-14(3)11(2)15(17-13(14)16)10-12-8-6-5-7-9-12/h4-9,11H,1,10H2,2-3H3/t11-,14-/m1/s1. The van der Waals surface area contributed by atoms with Gasteiger partial charge < -0.3 is 4.84 Å². The summed E-state index contributed by atoms with van der Waals surface area (Å²) in [6.45, 7) is 8.18. The van der Waals surface area contributed by atoms with Gasteiger partial charge in [0.1, 0.15) is 5.41 Å². The van der Waals surface area contributed by atoms with Crippen LogP contribution in [0.15, 0.2) is 43.0 Å². The van der Waals surface area contributed by atoms with E-state index in [-0.39, 0.29) is 12.0 Å². The third kappa shape index (κ3) is 1.98. The van der Waals surface area contributed by atoms with Crippen molar-refractivity contribution in [1.29, 1.82) is 0 Å². The molecule has 1 aliphatic heterocycles. The van der Waals surface area contributed by atoms with E-state index in [1.807, 2.05) is 44.2 Å². The molecule has 1 aromatic rings. The molecule has 0 aliphatic carbocycles. The second-order valence-electron chi connectivity index (χ2n) is 4.60. The van der Waals surface area contributed by atoms with E-state index < -0.39 is 5.41 Å². The molecule has 3 nitrogen and oxygen atoms in total. The van der Waals surface area contributed by atoms with Crippen molar-refractivity contribution in [2.24, 2.45) is 5.41 Å². The van der Waals surface area contributed by atoms with Crippen LogP contribution in [0.25, 0.3) is 0 Å². The quantitative estimate of drug-likeness (QED) is 0.749. The Morgan fingerprint density at radius 1 is 1.47 bits per heavy atom. The second-order valence-corrected chi connectivity index (χ2v) is 4.60. The van der Waals surface area contributed by atoms with E-state index in [0.29, 0.717) is 6.54 Å². The van der Waals surface area contributed by atoms with Crippen molar-refractivity contribution in [2.75, 3.05) is 0 Å². The molecule has 1 fully saturated rings. The van der Waals surface area contributed by atoms with E-state index in [1.165, 1.54) is 0 Å². The van der Waals surface area contributed by atoms with Crippen LogP contribution in [0.4, 0.5) is 0 Å². The molecule has 0 radical (unpaired) electrons. The number of hydroxylamine groups is 2. The van der Waals surface area contributed by atoms with Crippen LogP contribution in [-0.4, -0.2) is 17.1 Å². The summed E-state index contributed by atoms with van der Waals surface area (Å²) < 4.78 is 0. The zero-order valence-electron chi connectivity index (χ0n) is 10.2. The average Bonchev–Trinajstić information content (AvgIpc) is 2.56. The van der Waals surface area contributed by atoms with Gasteiger partial charge in [0.2, 0.25) is 0 Å². The first-order valence-corrected chi connectivity index (χ1v) is 5.74. The van der Waals surface area contributed by atoms with Gasteiger partial charge in [-0.05, 0) is 19.4 Å². The minimum atomic E-state index is -0.616. The highest BCUT2D eigenvalue weighted by Gasteiger charge is 2.49. The van der Waals surface area contributed by atoms with Gasteiger partial charge in [0.25, 0.3) is 0 Å². The molecule has 90 valence electrons. The fourth-order valence-corrected chi connectivity index (χ4v) is 1.94. The van der Waals surface area contributed by atoms with Gasteiger partial charge in [-0.2, -0.15) is 0 Å². The number of hydrogen-bond acceptors (Lipinski definition) is 3. The van der Waals surface area contributed by atoms with Gasteiger partial charge in [-0.1, -0.05) is 36.4 Å². The van der Waals surface area contributed by atoms with Crippen LogP contribution in [0.1, 0.15) is 19.4 Å². The summed E-state index contributed by atoms with van der Waals surface area (Å²) in [5, 5.41) is 1.72. The van der Waals surface area contributed by atoms with E-state index in [0.717, 1.165) is 5.56 Å². The Hall–Kier alpha value is -1.61. The third-order valence-electron chi connectivity index (χ3n) is 3.55. The highest BCUT2D eigenvalue weighted by atomic mass is 16.7. The predicted octanol–water partition coefficient (Wildman–Crippen LogP) is 2.54. The molecule has 0 spiro atoms. The van der Waals surface area contributed by atoms with Gasteiger partial charge in [0, 0.05) is 0 Å². The minimum Gasteiger partial charge on any atom is -0.366 e. The summed E-state index contributed by atoms with van der Waals surface area (Å²) in [5.74, 6) is -0.226. The van der Waals surface area contributed by atoms with Crippen LogP contribution in [0.2, 0.25) is 0 Å². The normalized spacial score (nSPS) is 29.1. The monoisotopic (exact) mass is 231 g/mol. The topological polar surface area (TPSA) is 29.5 Å². The van der Waals surface area contributed by atoms with Crippen molar-refractivity contribution in [1.82, 2.24) is 5.06 Å². The minimum absolute atomic E-state index is 0.00675. The molecule has 1 aliphatic rings. The summed E-state index contributed by atoms with van der Waals surface area (Å²) >= 11 is 0. The summed E-state index contributed by atoms with van der Waals surface area (Å²) in [7, 11) is 0. The average molecular weight is 231 g/mol. The highest BCUT2D eigenvalue weighted by Crippen LogP contribution is 2.36. The molecule has 0 N–H and O–H groups in total. The van der Waals surface area contributed by atoms with Crippen LogP contribution in [-0.2, 0) is 16.2 Å². The summed E-state index contributed by atoms with van der Waals surface area (Å²) in [4.78, 5) is 17.1. The Bertz CT molecular complexity index is 429. The predicted molar refractivity (Wildman–Crippen MR) is 65.8 cm³/mol. The molecule has 0 bridgehead atoms. The Balaban J connectivity index is 2.15. The molecule has 3 heteroatoms. The smallest absolute Gasteiger partial charge is 0.336 e. The van der Waals surface area contributed by atoms with Gasteiger partial charge in [-0.25, -0.2) is 4.79 Å². The first kappa shape index (κ1) is 11.9. The fourth-order valence-electron chi connectivity index (χ4n) is 1.94. The lowest BCUT2D eigenvalue weighted by Gasteiger charge is -2.23. The Labute approximate surface area is 102 Å². The van der Waals surface area contributed by atoms with E-state index >= 15 is 0 Å². The fraction of sp³-hybridized carbons (Fsp3) is 0.357. The van der Waals surface area contributed by atoms with Gasteiger partial charge in [0.05, 0.1) is 12.6 Å². The van der Waals surface area contributed by atoms with Crippen molar-refractivity contribution < 1.29 is 9.63 Å². The number of carbonyl (C=O) groups is 1. The van der Waals surface area contributed by atoms with E-state index in [9.17, 15) is 4.79 Å². The molecule has 0 amide bonds. The molecule has 2 atom stereocenters. The Morgan fingerprint density at radius 2 is 2.12 bits per heavy atom. The van der Waals surface area contributed by atoms with Gasteiger partial charge in [-0.15, -0.1) is 11.6 Å². The maximum Gasteiger partial charge on any atom is 0.336 e. The van der Waals surface area contributed by atoms with Crippen molar-refractivity contribution >= 4 is 5.97 Å². The van der Waals surface area contributed by atoms with Crippen molar-refractivity contribution in [2.45, 2.75) is 26.4 Å². The molecule has 1 saturated heterocycles. The number of rotatable bonds is 3. The molecule has 17 heavy (non-hydrogen) atoms. The largest absolute Gasteiger partial charge is 0.366 e. The Kier molecular flexibility index (Phi) is 3.03. The number of nitrogens with zero attached hydrogens (tertiary/aromatic N) is 1. The van der Waals surface area contributed by atoms with E-state index in [4.69, 9.17) is 4.84 Å².